The Kier molecular flexibility index (Phi) is 7.91. The minimum absolute atomic E-state index is 0.0157. The Morgan fingerprint density at radius 3 is 2.65 bits per heavy atom. The summed E-state index contributed by atoms with van der Waals surface area (Å²) < 4.78 is 102. The Bertz CT molecular complexity index is 2090. The maximum Gasteiger partial charge on any atom is 0.417 e. The van der Waals surface area contributed by atoms with E-state index in [1.165, 1.54) is 25.3 Å². The van der Waals surface area contributed by atoms with Gasteiger partial charge in [-0.05, 0) is 51.9 Å². The number of pyridine rings is 2. The maximum absolute atomic E-state index is 17.0. The van der Waals surface area contributed by atoms with Crippen LogP contribution >= 0.6 is 0 Å². The largest absolute Gasteiger partial charge is 0.475 e. The van der Waals surface area contributed by atoms with Gasteiger partial charge in [-0.3, -0.25) is 10.00 Å². The number of ether oxygens (including phenoxy) is 2. The van der Waals surface area contributed by atoms with Gasteiger partial charge in [0.05, 0.1) is 35.6 Å². The second-order valence-electron chi connectivity index (χ2n) is 12.5. The van der Waals surface area contributed by atoms with E-state index in [0.717, 1.165) is 6.20 Å². The van der Waals surface area contributed by atoms with E-state index in [2.05, 4.69) is 30.1 Å². The Hall–Kier alpha value is -4.93. The molecule has 4 atom stereocenters. The number of nitrogens with zero attached hydrogens (tertiary/aromatic N) is 7. The minimum atomic E-state index is -4.89. The quantitative estimate of drug-likeness (QED) is 0.208. The zero-order valence-electron chi connectivity index (χ0n) is 26.7. The number of aromatic amines is 1. The van der Waals surface area contributed by atoms with Crippen molar-refractivity contribution >= 4 is 33.4 Å². The fraction of sp³-hybridized carbons (Fsp3) is 0.406. The van der Waals surface area contributed by atoms with E-state index in [1.54, 1.807) is 30.7 Å². The fourth-order valence-corrected chi connectivity index (χ4v) is 6.84. The average molecular weight is 688 g/mol. The van der Waals surface area contributed by atoms with Crippen LogP contribution in [0.2, 0.25) is 0 Å². The molecule has 11 nitrogen and oxygen atoms in total. The van der Waals surface area contributed by atoms with Crippen LogP contribution in [-0.2, 0) is 6.18 Å². The van der Waals surface area contributed by atoms with Crippen molar-refractivity contribution in [1.29, 1.82) is 0 Å². The molecule has 3 N–H and O–H groups in total. The van der Waals surface area contributed by atoms with Gasteiger partial charge in [-0.2, -0.15) is 28.2 Å². The molecular weight excluding hydrogens is 656 g/mol. The topological polar surface area (TPSA) is 131 Å². The number of H-pyrrole nitrogens is 1. The summed E-state index contributed by atoms with van der Waals surface area (Å²) in [5.74, 6) is -1.94. The lowest BCUT2D eigenvalue weighted by Gasteiger charge is -2.35. The van der Waals surface area contributed by atoms with E-state index in [1.807, 2.05) is 0 Å². The molecule has 17 heteroatoms. The van der Waals surface area contributed by atoms with Gasteiger partial charge in [0, 0.05) is 29.1 Å². The minimum Gasteiger partial charge on any atom is -0.475 e. The molecule has 0 unspecified atom stereocenters. The lowest BCUT2D eigenvalue weighted by Crippen LogP contribution is -2.39. The fourth-order valence-electron chi connectivity index (χ4n) is 6.84. The highest BCUT2D eigenvalue weighted by atomic mass is 19.4. The number of rotatable bonds is 6. The van der Waals surface area contributed by atoms with Crippen molar-refractivity contribution in [2.24, 2.45) is 0 Å². The standard InChI is InChI=1S/C32H31F6N9O2/c1-13-5-21-20(9-41-45-21)22(24(13)32(36,37)38)26-25(35)27-23-29(44-31(43-27)49-12-18-6-17(34)10-46(18)4)47(14(2)11-48-30(23)42-26)15(3)19-7-16(33)8-40-28(19)39/h5,7-9,14-15,17-18H,6,10-12H2,1-4H3,(H2,39,40)(H,41,45)/t14-,15+,17+,18-/m0/s1. The van der Waals surface area contributed by atoms with Crippen LogP contribution in [0.5, 0.6) is 11.9 Å². The number of likely N-dealkylation sites (tertiary alicyclic amines) is 1. The van der Waals surface area contributed by atoms with Gasteiger partial charge in [0.1, 0.15) is 53.4 Å². The summed E-state index contributed by atoms with van der Waals surface area (Å²) in [4.78, 5) is 20.7. The summed E-state index contributed by atoms with van der Waals surface area (Å²) >= 11 is 0. The summed E-state index contributed by atoms with van der Waals surface area (Å²) in [5.41, 5.74) is 3.79. The molecule has 6 heterocycles. The highest BCUT2D eigenvalue weighted by Crippen LogP contribution is 2.47. The lowest BCUT2D eigenvalue weighted by atomic mass is 9.94. The molecular formula is C32H31F6N9O2. The second kappa shape index (κ2) is 11.9. The van der Waals surface area contributed by atoms with Crippen LogP contribution in [0.1, 0.15) is 43.0 Å². The molecule has 1 fully saturated rings. The predicted molar refractivity (Wildman–Crippen MR) is 168 cm³/mol. The second-order valence-corrected chi connectivity index (χ2v) is 12.5. The number of anilines is 2. The van der Waals surface area contributed by atoms with E-state index in [4.69, 9.17) is 15.2 Å². The van der Waals surface area contributed by atoms with Crippen molar-refractivity contribution in [3.63, 3.8) is 0 Å². The van der Waals surface area contributed by atoms with Crippen LogP contribution in [0.3, 0.4) is 0 Å². The number of hydrogen-bond acceptors (Lipinski definition) is 10. The van der Waals surface area contributed by atoms with Gasteiger partial charge in [-0.15, -0.1) is 0 Å². The van der Waals surface area contributed by atoms with E-state index >= 15 is 4.39 Å². The zero-order chi connectivity index (χ0) is 34.9. The van der Waals surface area contributed by atoms with Gasteiger partial charge in [-0.1, -0.05) is 0 Å². The van der Waals surface area contributed by atoms with Gasteiger partial charge in [0.15, 0.2) is 5.82 Å². The molecule has 2 aliphatic heterocycles. The zero-order valence-corrected chi connectivity index (χ0v) is 26.7. The van der Waals surface area contributed by atoms with Crippen LogP contribution < -0.4 is 20.1 Å². The number of benzene rings is 1. The van der Waals surface area contributed by atoms with Crippen molar-refractivity contribution in [3.05, 3.63) is 52.9 Å². The molecule has 49 heavy (non-hydrogen) atoms. The number of aryl methyl sites for hydroxylation is 1. The van der Waals surface area contributed by atoms with E-state index in [-0.39, 0.29) is 77.6 Å². The third-order valence-electron chi connectivity index (χ3n) is 9.18. The van der Waals surface area contributed by atoms with E-state index < -0.39 is 58.4 Å². The van der Waals surface area contributed by atoms with Crippen molar-refractivity contribution in [2.75, 3.05) is 37.4 Å². The first-order chi connectivity index (χ1) is 23.2. The Balaban J connectivity index is 1.49. The number of nitrogens with one attached hydrogen (secondary N) is 1. The highest BCUT2D eigenvalue weighted by molar-refractivity contribution is 6.02. The number of halogens is 6. The molecule has 0 radical (unpaired) electrons. The molecule has 258 valence electrons. The summed E-state index contributed by atoms with van der Waals surface area (Å²) in [5, 5.41) is 6.49. The molecule has 0 amide bonds. The summed E-state index contributed by atoms with van der Waals surface area (Å²) in [6.07, 6.45) is -3.62. The first-order valence-electron chi connectivity index (χ1n) is 15.5. The SMILES string of the molecule is Cc1cc2[nH]ncc2c(-c2nc3c4c(nc(OC[C@@H]5C[C@@H](F)CN5C)nc4c2F)N([C@H](C)c2cc(F)cnc2N)[C@@H](C)CO3)c1C(F)(F)F. The van der Waals surface area contributed by atoms with Gasteiger partial charge < -0.3 is 20.1 Å². The van der Waals surface area contributed by atoms with E-state index in [0.29, 0.717) is 5.56 Å². The summed E-state index contributed by atoms with van der Waals surface area (Å²) in [7, 11) is 1.74. The third-order valence-corrected chi connectivity index (χ3v) is 9.18. The van der Waals surface area contributed by atoms with Crippen LogP contribution in [-0.4, -0.2) is 80.1 Å². The summed E-state index contributed by atoms with van der Waals surface area (Å²) in [6, 6.07) is 0.567. The molecule has 5 aromatic rings. The van der Waals surface area contributed by atoms with Gasteiger partial charge in [0.2, 0.25) is 5.88 Å². The molecule has 0 saturated carbocycles. The van der Waals surface area contributed by atoms with Crippen molar-refractivity contribution in [3.8, 4) is 23.1 Å². The van der Waals surface area contributed by atoms with Crippen molar-refractivity contribution in [1.82, 2.24) is 35.0 Å². The highest BCUT2D eigenvalue weighted by Gasteiger charge is 2.40. The first-order valence-corrected chi connectivity index (χ1v) is 15.5. The van der Waals surface area contributed by atoms with Gasteiger partial charge in [-0.25, -0.2) is 23.1 Å². The van der Waals surface area contributed by atoms with Crippen LogP contribution in [0, 0.1) is 18.6 Å². The normalized spacial score (nSPS) is 20.5. The predicted octanol–water partition coefficient (Wildman–Crippen LogP) is 5.92. The number of hydrogen-bond donors (Lipinski definition) is 2. The molecule has 1 aromatic carbocycles. The number of fused-ring (bicyclic) bond motifs is 1. The summed E-state index contributed by atoms with van der Waals surface area (Å²) in [6.45, 7) is 4.81. The smallest absolute Gasteiger partial charge is 0.417 e. The Labute approximate surface area is 275 Å². The van der Waals surface area contributed by atoms with Crippen LogP contribution in [0.4, 0.5) is 38.0 Å². The molecule has 0 aliphatic carbocycles. The lowest BCUT2D eigenvalue weighted by molar-refractivity contribution is -0.137. The Morgan fingerprint density at radius 1 is 1.16 bits per heavy atom. The molecule has 4 aromatic heterocycles. The van der Waals surface area contributed by atoms with Crippen molar-refractivity contribution < 1.29 is 35.8 Å². The number of nitrogens with two attached hydrogens (primary N) is 1. The third kappa shape index (κ3) is 5.58. The molecule has 1 saturated heterocycles. The first kappa shape index (κ1) is 32.6. The number of likely N-dealkylation sites (N-methyl/N-ethyl adjacent to an activating group) is 1. The molecule has 0 bridgehead atoms. The molecule has 0 spiro atoms. The molecule has 7 rings (SSSR count). The average Bonchev–Trinajstić information content (AvgIpc) is 3.60. The van der Waals surface area contributed by atoms with E-state index in [9.17, 15) is 22.0 Å². The number of alkyl halides is 4. The maximum atomic E-state index is 17.0. The number of aromatic nitrogens is 6. The molecule has 2 aliphatic rings. The van der Waals surface area contributed by atoms with Crippen LogP contribution in [0.15, 0.2) is 24.5 Å². The van der Waals surface area contributed by atoms with Gasteiger partial charge >= 0.3 is 12.2 Å². The van der Waals surface area contributed by atoms with Gasteiger partial charge in [0.25, 0.3) is 0 Å². The Morgan fingerprint density at radius 2 is 1.94 bits per heavy atom. The number of nitrogen functional groups attached to an aromatic ring is 1. The monoisotopic (exact) mass is 687 g/mol. The van der Waals surface area contributed by atoms with Crippen LogP contribution in [0.25, 0.3) is 33.1 Å². The van der Waals surface area contributed by atoms with Crippen molar-refractivity contribution in [2.45, 2.75) is 57.7 Å².